The molecule has 0 bridgehead atoms. The lowest BCUT2D eigenvalue weighted by atomic mass is 9.83. The van der Waals surface area contributed by atoms with Gasteiger partial charge in [-0.25, -0.2) is 4.98 Å². The summed E-state index contributed by atoms with van der Waals surface area (Å²) in [6.45, 7) is 2.76. The normalized spacial score (nSPS) is 20.7. The molecule has 1 aromatic carbocycles. The Kier molecular flexibility index (Phi) is 5.16. The highest BCUT2D eigenvalue weighted by Crippen LogP contribution is 2.38. The number of rotatable bonds is 5. The fourth-order valence-electron chi connectivity index (χ4n) is 3.49. The number of carbonyl (C=O) groups is 2. The zero-order valence-corrected chi connectivity index (χ0v) is 14.5. The van der Waals surface area contributed by atoms with Crippen LogP contribution in [0.1, 0.15) is 49.0 Å². The van der Waals surface area contributed by atoms with Gasteiger partial charge in [0, 0.05) is 31.0 Å². The lowest BCUT2D eigenvalue weighted by molar-refractivity contribution is -0.138. The van der Waals surface area contributed by atoms with E-state index in [9.17, 15) is 9.59 Å². The van der Waals surface area contributed by atoms with Gasteiger partial charge in [-0.05, 0) is 30.5 Å². The number of likely N-dealkylation sites (tertiary alicyclic amines) is 1. The maximum absolute atomic E-state index is 13.0. The van der Waals surface area contributed by atoms with Crippen molar-refractivity contribution in [1.29, 1.82) is 0 Å². The van der Waals surface area contributed by atoms with Crippen LogP contribution in [0.25, 0.3) is 0 Å². The summed E-state index contributed by atoms with van der Waals surface area (Å²) in [4.78, 5) is 31.4. The van der Waals surface area contributed by atoms with Gasteiger partial charge in [-0.3, -0.25) is 14.2 Å². The van der Waals surface area contributed by atoms with Crippen molar-refractivity contribution in [3.8, 4) is 0 Å². The quantitative estimate of drug-likeness (QED) is 0.849. The number of hydrogen-bond donors (Lipinski definition) is 1. The first kappa shape index (κ1) is 17.2. The molecule has 0 spiro atoms. The fraction of sp³-hybridized carbons (Fsp3) is 0.421. The molecule has 0 saturated carbocycles. The highest BCUT2D eigenvalue weighted by atomic mass is 16.2. The van der Waals surface area contributed by atoms with Crippen molar-refractivity contribution in [2.45, 2.75) is 38.6 Å². The van der Waals surface area contributed by atoms with Gasteiger partial charge in [-0.1, -0.05) is 25.5 Å². The summed E-state index contributed by atoms with van der Waals surface area (Å²) >= 11 is 0. The van der Waals surface area contributed by atoms with Crippen LogP contribution in [-0.2, 0) is 4.79 Å². The number of benzene rings is 1. The third-order valence-corrected chi connectivity index (χ3v) is 4.81. The van der Waals surface area contributed by atoms with Crippen LogP contribution in [0.15, 0.2) is 43.0 Å². The van der Waals surface area contributed by atoms with Gasteiger partial charge in [0.15, 0.2) is 0 Å². The van der Waals surface area contributed by atoms with E-state index in [2.05, 4.69) is 11.9 Å². The monoisotopic (exact) mass is 340 g/mol. The van der Waals surface area contributed by atoms with Crippen molar-refractivity contribution in [2.75, 3.05) is 12.3 Å². The third-order valence-electron chi connectivity index (χ3n) is 4.81. The summed E-state index contributed by atoms with van der Waals surface area (Å²) < 4.78 is 1.52. The summed E-state index contributed by atoms with van der Waals surface area (Å²) in [5.41, 5.74) is 7.44. The largest absolute Gasteiger partial charge is 0.399 e. The van der Waals surface area contributed by atoms with Gasteiger partial charge in [-0.2, -0.15) is 0 Å². The molecule has 0 aliphatic carbocycles. The maximum Gasteiger partial charge on any atom is 0.237 e. The zero-order chi connectivity index (χ0) is 17.8. The highest BCUT2D eigenvalue weighted by Gasteiger charge is 2.40. The van der Waals surface area contributed by atoms with Crippen LogP contribution in [0.5, 0.6) is 0 Å². The molecule has 2 aromatic rings. The van der Waals surface area contributed by atoms with E-state index in [1.165, 1.54) is 10.9 Å². The van der Waals surface area contributed by atoms with E-state index < -0.39 is 0 Å². The summed E-state index contributed by atoms with van der Waals surface area (Å²) in [5.74, 6) is -0.189. The molecule has 2 N–H and O–H groups in total. The van der Waals surface area contributed by atoms with E-state index in [-0.39, 0.29) is 23.8 Å². The highest BCUT2D eigenvalue weighted by molar-refractivity contribution is 5.86. The Bertz CT molecular complexity index is 724. The first-order valence-corrected chi connectivity index (χ1v) is 8.79. The summed E-state index contributed by atoms with van der Waals surface area (Å²) in [6.07, 6.45) is 7.65. The molecule has 1 aliphatic heterocycles. The van der Waals surface area contributed by atoms with Gasteiger partial charge >= 0.3 is 0 Å². The Morgan fingerprint density at radius 3 is 2.72 bits per heavy atom. The molecule has 25 heavy (non-hydrogen) atoms. The van der Waals surface area contributed by atoms with E-state index in [1.807, 2.05) is 29.2 Å². The molecule has 1 aromatic heterocycles. The van der Waals surface area contributed by atoms with E-state index in [0.29, 0.717) is 25.1 Å². The number of amides is 1. The first-order chi connectivity index (χ1) is 12.1. The number of piperidine rings is 1. The van der Waals surface area contributed by atoms with Gasteiger partial charge in [0.05, 0.1) is 12.0 Å². The van der Waals surface area contributed by atoms with Crippen LogP contribution >= 0.6 is 0 Å². The minimum atomic E-state index is -0.285. The number of anilines is 1. The second-order valence-corrected chi connectivity index (χ2v) is 6.51. The third kappa shape index (κ3) is 3.57. The van der Waals surface area contributed by atoms with Crippen molar-refractivity contribution >= 4 is 17.5 Å². The van der Waals surface area contributed by atoms with Crippen LogP contribution in [-0.4, -0.2) is 32.8 Å². The predicted molar refractivity (Wildman–Crippen MR) is 95.8 cm³/mol. The van der Waals surface area contributed by atoms with Gasteiger partial charge in [-0.15, -0.1) is 0 Å². The summed E-state index contributed by atoms with van der Waals surface area (Å²) in [7, 11) is 0. The van der Waals surface area contributed by atoms with Crippen molar-refractivity contribution in [3.05, 3.63) is 48.5 Å². The number of aromatic nitrogens is 2. The van der Waals surface area contributed by atoms with Crippen LogP contribution in [0, 0.1) is 5.92 Å². The lowest BCUT2D eigenvalue weighted by Crippen LogP contribution is -2.46. The Labute approximate surface area is 147 Å². The fourth-order valence-corrected chi connectivity index (χ4v) is 3.49. The molecule has 3 rings (SSSR count). The standard InChI is InChI=1S/C19H24N4O2/c1-2-3-11-23-17(24)9-8-16(19(25)22-12-10-21-13-22)18(23)14-4-6-15(20)7-5-14/h4-7,10,12-13,16,18H,2-3,8-9,11,20H2,1H3. The Balaban J connectivity index is 1.98. The van der Waals surface area contributed by atoms with E-state index in [0.717, 1.165) is 18.4 Å². The number of unbranched alkanes of at least 4 members (excludes halogenated alkanes) is 1. The minimum absolute atomic E-state index is 0.0201. The molecular weight excluding hydrogens is 316 g/mol. The average molecular weight is 340 g/mol. The topological polar surface area (TPSA) is 81.2 Å². The summed E-state index contributed by atoms with van der Waals surface area (Å²) in [6, 6.07) is 7.23. The van der Waals surface area contributed by atoms with Crippen LogP contribution in [0.2, 0.25) is 0 Å². The number of carbonyl (C=O) groups excluding carboxylic acids is 2. The first-order valence-electron chi connectivity index (χ1n) is 8.79. The molecular formula is C19H24N4O2. The molecule has 1 aliphatic rings. The second-order valence-electron chi connectivity index (χ2n) is 6.51. The van der Waals surface area contributed by atoms with Crippen LogP contribution < -0.4 is 5.73 Å². The molecule has 2 atom stereocenters. The molecule has 1 saturated heterocycles. The van der Waals surface area contributed by atoms with Crippen LogP contribution in [0.4, 0.5) is 5.69 Å². The Morgan fingerprint density at radius 1 is 1.32 bits per heavy atom. The lowest BCUT2D eigenvalue weighted by Gasteiger charge is -2.41. The van der Waals surface area contributed by atoms with E-state index >= 15 is 0 Å². The number of nitrogens with two attached hydrogens (primary N) is 1. The molecule has 6 heteroatoms. The maximum atomic E-state index is 13.0. The molecule has 132 valence electrons. The van der Waals surface area contributed by atoms with Crippen molar-refractivity contribution in [2.24, 2.45) is 5.92 Å². The number of nitrogen functional groups attached to an aromatic ring is 1. The zero-order valence-electron chi connectivity index (χ0n) is 14.5. The Morgan fingerprint density at radius 2 is 2.08 bits per heavy atom. The molecule has 6 nitrogen and oxygen atoms in total. The molecule has 0 radical (unpaired) electrons. The molecule has 2 heterocycles. The number of imidazole rings is 1. The van der Waals surface area contributed by atoms with Crippen molar-refractivity contribution in [3.63, 3.8) is 0 Å². The number of hydrogen-bond acceptors (Lipinski definition) is 4. The molecule has 1 amide bonds. The van der Waals surface area contributed by atoms with Gasteiger partial charge in [0.25, 0.3) is 0 Å². The number of nitrogens with zero attached hydrogens (tertiary/aromatic N) is 3. The SMILES string of the molecule is CCCCN1C(=O)CCC(C(=O)n2ccnc2)C1c1ccc(N)cc1. The smallest absolute Gasteiger partial charge is 0.237 e. The van der Waals surface area contributed by atoms with Crippen LogP contribution in [0.3, 0.4) is 0 Å². The van der Waals surface area contributed by atoms with Crippen molar-refractivity contribution < 1.29 is 9.59 Å². The van der Waals surface area contributed by atoms with E-state index in [1.54, 1.807) is 12.4 Å². The minimum Gasteiger partial charge on any atom is -0.399 e. The van der Waals surface area contributed by atoms with Crippen molar-refractivity contribution in [1.82, 2.24) is 14.5 Å². The molecule has 1 fully saturated rings. The van der Waals surface area contributed by atoms with E-state index in [4.69, 9.17) is 5.73 Å². The summed E-state index contributed by atoms with van der Waals surface area (Å²) in [5, 5.41) is 0. The second kappa shape index (κ2) is 7.51. The predicted octanol–water partition coefficient (Wildman–Crippen LogP) is 2.89. The average Bonchev–Trinajstić information content (AvgIpc) is 3.15. The Hall–Kier alpha value is -2.63. The van der Waals surface area contributed by atoms with Gasteiger partial charge in [0.1, 0.15) is 6.33 Å². The molecule has 2 unspecified atom stereocenters. The van der Waals surface area contributed by atoms with Gasteiger partial charge in [0.2, 0.25) is 11.8 Å². The van der Waals surface area contributed by atoms with Gasteiger partial charge < -0.3 is 10.6 Å².